The lowest BCUT2D eigenvalue weighted by Crippen LogP contribution is -2.14. The molecule has 0 aliphatic heterocycles. The van der Waals surface area contributed by atoms with Crippen molar-refractivity contribution in [2.45, 2.75) is 25.1 Å². The van der Waals surface area contributed by atoms with Crippen molar-refractivity contribution in [3.05, 3.63) is 64.7 Å². The van der Waals surface area contributed by atoms with Crippen molar-refractivity contribution in [3.8, 4) is 0 Å². The maximum atomic E-state index is 12.4. The molecule has 0 saturated heterocycles. The zero-order chi connectivity index (χ0) is 21.7. The predicted molar refractivity (Wildman–Crippen MR) is 120 cm³/mol. The monoisotopic (exact) mass is 440 g/mol. The number of benzene rings is 2. The molecule has 3 rings (SSSR count). The predicted octanol–water partition coefficient (Wildman–Crippen LogP) is 4.34. The number of carbonyl (C=O) groups is 3. The van der Waals surface area contributed by atoms with E-state index < -0.39 is 0 Å². The molecule has 1 heterocycles. The van der Waals surface area contributed by atoms with Gasteiger partial charge in [-0.1, -0.05) is 29.2 Å². The standard InChI is InChI=1S/C21H20N4O3S2/c1-12-4-5-16(10-13(12)2)19(28)23-20-24-25-21(30-20)29-11-18(27)22-17-8-6-15(7-9-17)14(3)26/h4-10H,11H2,1-3H3,(H,22,27)(H,23,24,28). The van der Waals surface area contributed by atoms with Crippen LogP contribution in [-0.2, 0) is 4.79 Å². The van der Waals surface area contributed by atoms with E-state index in [0.717, 1.165) is 11.1 Å². The number of carbonyl (C=O) groups excluding carboxylic acids is 3. The van der Waals surface area contributed by atoms with Crippen LogP contribution in [-0.4, -0.2) is 33.5 Å². The lowest BCUT2D eigenvalue weighted by molar-refractivity contribution is -0.113. The summed E-state index contributed by atoms with van der Waals surface area (Å²) in [6.07, 6.45) is 0. The van der Waals surface area contributed by atoms with Crippen molar-refractivity contribution in [2.75, 3.05) is 16.4 Å². The van der Waals surface area contributed by atoms with Gasteiger partial charge >= 0.3 is 0 Å². The first-order chi connectivity index (χ1) is 14.3. The number of aryl methyl sites for hydroxylation is 2. The van der Waals surface area contributed by atoms with Crippen molar-refractivity contribution in [2.24, 2.45) is 0 Å². The number of ketones is 1. The first kappa shape index (κ1) is 21.7. The molecule has 0 atom stereocenters. The Labute approximate surface area is 182 Å². The van der Waals surface area contributed by atoms with E-state index in [-0.39, 0.29) is 23.4 Å². The second-order valence-electron chi connectivity index (χ2n) is 6.60. The number of hydrogen-bond donors (Lipinski definition) is 2. The zero-order valence-corrected chi connectivity index (χ0v) is 18.3. The highest BCUT2D eigenvalue weighted by Crippen LogP contribution is 2.26. The van der Waals surface area contributed by atoms with Gasteiger partial charge in [-0.05, 0) is 68.3 Å². The molecule has 30 heavy (non-hydrogen) atoms. The SMILES string of the molecule is CC(=O)c1ccc(NC(=O)CSc2nnc(NC(=O)c3ccc(C)c(C)c3)s2)cc1. The number of amides is 2. The number of rotatable bonds is 7. The third kappa shape index (κ3) is 5.74. The van der Waals surface area contributed by atoms with Crippen LogP contribution in [0.3, 0.4) is 0 Å². The molecule has 0 aliphatic carbocycles. The quantitative estimate of drug-likeness (QED) is 0.322. The molecule has 0 bridgehead atoms. The minimum Gasteiger partial charge on any atom is -0.325 e. The molecular weight excluding hydrogens is 420 g/mol. The second kappa shape index (κ2) is 9.64. The van der Waals surface area contributed by atoms with Gasteiger partial charge in [-0.15, -0.1) is 10.2 Å². The second-order valence-corrected chi connectivity index (χ2v) is 8.80. The minimum absolute atomic E-state index is 0.0277. The zero-order valence-electron chi connectivity index (χ0n) is 16.7. The van der Waals surface area contributed by atoms with E-state index in [1.807, 2.05) is 26.0 Å². The number of aromatic nitrogens is 2. The van der Waals surface area contributed by atoms with Crippen LogP contribution in [0.4, 0.5) is 10.8 Å². The van der Waals surface area contributed by atoms with Crippen LogP contribution in [0, 0.1) is 13.8 Å². The van der Waals surface area contributed by atoms with Gasteiger partial charge in [0.2, 0.25) is 11.0 Å². The van der Waals surface area contributed by atoms with E-state index in [2.05, 4.69) is 20.8 Å². The number of hydrogen-bond acceptors (Lipinski definition) is 7. The van der Waals surface area contributed by atoms with Gasteiger partial charge in [0.15, 0.2) is 10.1 Å². The summed E-state index contributed by atoms with van der Waals surface area (Å²) in [7, 11) is 0. The molecular formula is C21H20N4O3S2. The van der Waals surface area contributed by atoms with Gasteiger partial charge in [-0.3, -0.25) is 19.7 Å². The van der Waals surface area contributed by atoms with E-state index in [1.165, 1.54) is 30.0 Å². The van der Waals surface area contributed by atoms with Crippen LogP contribution < -0.4 is 10.6 Å². The fraction of sp³-hybridized carbons (Fsp3) is 0.190. The molecule has 2 amide bonds. The largest absolute Gasteiger partial charge is 0.325 e. The van der Waals surface area contributed by atoms with E-state index in [9.17, 15) is 14.4 Å². The first-order valence-corrected chi connectivity index (χ1v) is 10.9. The normalized spacial score (nSPS) is 10.5. The van der Waals surface area contributed by atoms with Crippen LogP contribution in [0.2, 0.25) is 0 Å². The Bertz CT molecular complexity index is 1090. The van der Waals surface area contributed by atoms with E-state index in [4.69, 9.17) is 0 Å². The number of nitrogens with one attached hydrogen (secondary N) is 2. The number of thioether (sulfide) groups is 1. The summed E-state index contributed by atoms with van der Waals surface area (Å²) in [6.45, 7) is 5.43. The summed E-state index contributed by atoms with van der Waals surface area (Å²) >= 11 is 2.44. The van der Waals surface area contributed by atoms with Crippen LogP contribution >= 0.6 is 23.1 Å². The van der Waals surface area contributed by atoms with Gasteiger partial charge in [0, 0.05) is 16.8 Å². The lowest BCUT2D eigenvalue weighted by atomic mass is 10.1. The van der Waals surface area contributed by atoms with Crippen LogP contribution in [0.1, 0.15) is 38.8 Å². The van der Waals surface area contributed by atoms with Gasteiger partial charge in [0.1, 0.15) is 0 Å². The lowest BCUT2D eigenvalue weighted by Gasteiger charge is -2.05. The molecule has 0 radical (unpaired) electrons. The Balaban J connectivity index is 1.51. The molecule has 154 valence electrons. The average molecular weight is 441 g/mol. The Morgan fingerprint density at radius 3 is 2.30 bits per heavy atom. The van der Waals surface area contributed by atoms with Crippen molar-refractivity contribution < 1.29 is 14.4 Å². The Hall–Kier alpha value is -3.04. The van der Waals surface area contributed by atoms with Gasteiger partial charge in [-0.25, -0.2) is 0 Å². The molecule has 7 nitrogen and oxygen atoms in total. The number of nitrogens with zero attached hydrogens (tertiary/aromatic N) is 2. The summed E-state index contributed by atoms with van der Waals surface area (Å²) in [5.41, 5.74) is 3.92. The van der Waals surface area contributed by atoms with Gasteiger partial charge in [-0.2, -0.15) is 0 Å². The maximum Gasteiger partial charge on any atom is 0.257 e. The highest BCUT2D eigenvalue weighted by atomic mass is 32.2. The van der Waals surface area contributed by atoms with Gasteiger partial charge in [0.25, 0.3) is 5.91 Å². The summed E-state index contributed by atoms with van der Waals surface area (Å²) in [5.74, 6) is -0.335. The van der Waals surface area contributed by atoms with Crippen LogP contribution in [0.5, 0.6) is 0 Å². The Kier molecular flexibility index (Phi) is 6.96. The molecule has 0 fully saturated rings. The fourth-order valence-corrected chi connectivity index (χ4v) is 4.03. The van der Waals surface area contributed by atoms with Crippen molar-refractivity contribution in [3.63, 3.8) is 0 Å². The van der Waals surface area contributed by atoms with E-state index in [0.29, 0.717) is 26.3 Å². The molecule has 9 heteroatoms. The third-order valence-corrected chi connectivity index (χ3v) is 6.27. The number of Topliss-reactive ketones (excluding diaryl/α,β-unsaturated/α-hetero) is 1. The molecule has 3 aromatic rings. The topological polar surface area (TPSA) is 101 Å². The van der Waals surface area contributed by atoms with E-state index in [1.54, 1.807) is 30.3 Å². The van der Waals surface area contributed by atoms with Gasteiger partial charge < -0.3 is 5.32 Å². The molecule has 2 aromatic carbocycles. The smallest absolute Gasteiger partial charge is 0.257 e. The third-order valence-electron chi connectivity index (χ3n) is 4.30. The Morgan fingerprint density at radius 1 is 0.933 bits per heavy atom. The molecule has 0 spiro atoms. The van der Waals surface area contributed by atoms with Crippen molar-refractivity contribution in [1.29, 1.82) is 0 Å². The molecule has 2 N–H and O–H groups in total. The molecule has 0 aliphatic rings. The summed E-state index contributed by atoms with van der Waals surface area (Å²) in [4.78, 5) is 35.8. The van der Waals surface area contributed by atoms with Gasteiger partial charge in [0.05, 0.1) is 5.75 Å². The van der Waals surface area contributed by atoms with Crippen LogP contribution in [0.15, 0.2) is 46.8 Å². The summed E-state index contributed by atoms with van der Waals surface area (Å²) < 4.78 is 0.576. The van der Waals surface area contributed by atoms with Crippen LogP contribution in [0.25, 0.3) is 0 Å². The Morgan fingerprint density at radius 2 is 1.63 bits per heavy atom. The first-order valence-electron chi connectivity index (χ1n) is 9.07. The number of anilines is 2. The van der Waals surface area contributed by atoms with Crippen molar-refractivity contribution in [1.82, 2.24) is 10.2 Å². The summed E-state index contributed by atoms with van der Waals surface area (Å²) in [5, 5.41) is 13.8. The molecule has 0 unspecified atom stereocenters. The van der Waals surface area contributed by atoms with Crippen molar-refractivity contribution >= 4 is 51.5 Å². The minimum atomic E-state index is -0.252. The summed E-state index contributed by atoms with van der Waals surface area (Å²) in [6, 6.07) is 12.2. The fourth-order valence-electron chi connectivity index (χ4n) is 2.48. The highest BCUT2D eigenvalue weighted by Gasteiger charge is 2.13. The van der Waals surface area contributed by atoms with E-state index >= 15 is 0 Å². The molecule has 1 aromatic heterocycles. The molecule has 0 saturated carbocycles. The average Bonchev–Trinajstić information content (AvgIpc) is 3.16. The maximum absolute atomic E-state index is 12.4. The highest BCUT2D eigenvalue weighted by molar-refractivity contribution is 8.01.